The SMILES string of the molecule is C.C.C.CC1CCC(C(C)(C)OC(=O)C2CC3CC2C(C)C3C)C(=O)C1. The molecular formula is C23H44O3. The van der Waals surface area contributed by atoms with E-state index >= 15 is 0 Å². The lowest BCUT2D eigenvalue weighted by Gasteiger charge is -2.39. The van der Waals surface area contributed by atoms with Crippen LogP contribution in [-0.4, -0.2) is 17.4 Å². The molecule has 26 heavy (non-hydrogen) atoms. The number of Topliss-reactive ketones (excluding diaryl/α,β-unsaturated/α-hetero) is 1. The smallest absolute Gasteiger partial charge is 0.309 e. The Kier molecular flexibility index (Phi) is 8.59. The van der Waals surface area contributed by atoms with Gasteiger partial charge in [-0.1, -0.05) is 43.1 Å². The Hall–Kier alpha value is -0.860. The fourth-order valence-electron chi connectivity index (χ4n) is 5.55. The van der Waals surface area contributed by atoms with Crippen LogP contribution in [0.4, 0.5) is 0 Å². The van der Waals surface area contributed by atoms with E-state index in [-0.39, 0.29) is 45.9 Å². The number of hydrogen-bond acceptors (Lipinski definition) is 3. The molecule has 0 saturated heterocycles. The number of carbonyl (C=O) groups is 2. The van der Waals surface area contributed by atoms with E-state index in [1.807, 2.05) is 13.8 Å². The van der Waals surface area contributed by atoms with Crippen LogP contribution in [0.3, 0.4) is 0 Å². The normalized spacial score (nSPS) is 38.7. The van der Waals surface area contributed by atoms with E-state index < -0.39 is 5.60 Å². The van der Waals surface area contributed by atoms with Crippen molar-refractivity contribution in [2.24, 2.45) is 41.4 Å². The largest absolute Gasteiger partial charge is 0.459 e. The first-order valence-corrected chi connectivity index (χ1v) is 9.46. The van der Waals surface area contributed by atoms with E-state index in [2.05, 4.69) is 20.8 Å². The van der Waals surface area contributed by atoms with Gasteiger partial charge in [0, 0.05) is 6.42 Å². The van der Waals surface area contributed by atoms with Crippen molar-refractivity contribution in [3.63, 3.8) is 0 Å². The highest BCUT2D eigenvalue weighted by molar-refractivity contribution is 5.83. The van der Waals surface area contributed by atoms with Crippen molar-refractivity contribution in [3.05, 3.63) is 0 Å². The van der Waals surface area contributed by atoms with Crippen molar-refractivity contribution in [3.8, 4) is 0 Å². The summed E-state index contributed by atoms with van der Waals surface area (Å²) in [5.74, 6) is 3.15. The molecule has 3 fully saturated rings. The molecule has 3 rings (SSSR count). The van der Waals surface area contributed by atoms with Gasteiger partial charge in [-0.15, -0.1) is 0 Å². The number of rotatable bonds is 3. The number of fused-ring (bicyclic) bond motifs is 2. The van der Waals surface area contributed by atoms with E-state index in [0.29, 0.717) is 30.1 Å². The standard InChI is InChI=1S/C20H32O3.3CH4/c1-11-6-7-17(18(21)8-11)20(4,5)23-19(22)16-10-14-9-15(16)13(3)12(14)2;;;/h11-17H,6-10H2,1-5H3;3*1H4. The summed E-state index contributed by atoms with van der Waals surface area (Å²) < 4.78 is 5.94. The molecule has 0 radical (unpaired) electrons. The second-order valence-corrected chi connectivity index (χ2v) is 9.15. The molecular weight excluding hydrogens is 324 g/mol. The lowest BCUT2D eigenvalue weighted by atomic mass is 9.73. The van der Waals surface area contributed by atoms with Gasteiger partial charge in [0.25, 0.3) is 0 Å². The van der Waals surface area contributed by atoms with Gasteiger partial charge in [-0.05, 0) is 69.1 Å². The zero-order chi connectivity index (χ0) is 16.9. The van der Waals surface area contributed by atoms with Crippen molar-refractivity contribution < 1.29 is 14.3 Å². The highest BCUT2D eigenvalue weighted by atomic mass is 16.6. The molecule has 3 aliphatic rings. The lowest BCUT2D eigenvalue weighted by Crippen LogP contribution is -2.45. The van der Waals surface area contributed by atoms with Crippen LogP contribution in [0.2, 0.25) is 0 Å². The third kappa shape index (κ3) is 4.34. The molecule has 7 atom stereocenters. The van der Waals surface area contributed by atoms with Crippen LogP contribution in [0.25, 0.3) is 0 Å². The van der Waals surface area contributed by atoms with Crippen LogP contribution >= 0.6 is 0 Å². The average molecular weight is 369 g/mol. The van der Waals surface area contributed by atoms with E-state index in [1.165, 1.54) is 6.42 Å². The zero-order valence-electron chi connectivity index (χ0n) is 15.3. The van der Waals surface area contributed by atoms with E-state index in [9.17, 15) is 9.59 Å². The molecule has 0 heterocycles. The number of esters is 1. The summed E-state index contributed by atoms with van der Waals surface area (Å²) in [6, 6.07) is 0. The Morgan fingerprint density at radius 1 is 1.00 bits per heavy atom. The number of ketones is 1. The Morgan fingerprint density at radius 3 is 2.12 bits per heavy atom. The molecule has 3 nitrogen and oxygen atoms in total. The van der Waals surface area contributed by atoms with Gasteiger partial charge >= 0.3 is 5.97 Å². The summed E-state index contributed by atoms with van der Waals surface area (Å²) >= 11 is 0. The van der Waals surface area contributed by atoms with Crippen molar-refractivity contribution in [2.75, 3.05) is 0 Å². The minimum Gasteiger partial charge on any atom is -0.459 e. The Morgan fingerprint density at radius 2 is 1.62 bits per heavy atom. The molecule has 0 spiro atoms. The van der Waals surface area contributed by atoms with E-state index in [4.69, 9.17) is 4.74 Å². The molecule has 2 bridgehead atoms. The fraction of sp³-hybridized carbons (Fsp3) is 0.913. The van der Waals surface area contributed by atoms with E-state index in [0.717, 1.165) is 25.2 Å². The summed E-state index contributed by atoms with van der Waals surface area (Å²) in [5.41, 5.74) is -0.662. The molecule has 0 aromatic heterocycles. The fourth-order valence-corrected chi connectivity index (χ4v) is 5.55. The Bertz CT molecular complexity index is 494. The second-order valence-electron chi connectivity index (χ2n) is 9.15. The summed E-state index contributed by atoms with van der Waals surface area (Å²) in [7, 11) is 0. The Labute approximate surface area is 162 Å². The third-order valence-corrected chi connectivity index (χ3v) is 7.29. The third-order valence-electron chi connectivity index (χ3n) is 7.29. The van der Waals surface area contributed by atoms with Crippen LogP contribution in [0.1, 0.15) is 89.0 Å². The van der Waals surface area contributed by atoms with Crippen molar-refractivity contribution >= 4 is 11.8 Å². The summed E-state index contributed by atoms with van der Waals surface area (Å²) in [6.07, 6.45) is 4.71. The highest BCUT2D eigenvalue weighted by Gasteiger charge is 2.53. The first kappa shape index (κ1) is 25.1. The number of carbonyl (C=O) groups excluding carboxylic acids is 2. The first-order chi connectivity index (χ1) is 10.7. The zero-order valence-corrected chi connectivity index (χ0v) is 15.3. The number of hydrogen-bond donors (Lipinski definition) is 0. The molecule has 0 N–H and O–H groups in total. The molecule has 3 aliphatic carbocycles. The Balaban J connectivity index is 0.00000208. The summed E-state index contributed by atoms with van der Waals surface area (Å²) in [6.45, 7) is 10.6. The molecule has 0 aromatic rings. The van der Waals surface area contributed by atoms with Gasteiger partial charge in [0.1, 0.15) is 11.4 Å². The first-order valence-electron chi connectivity index (χ1n) is 9.46. The predicted octanol–water partition coefficient (Wildman–Crippen LogP) is 6.15. The van der Waals surface area contributed by atoms with Gasteiger partial charge in [0.2, 0.25) is 0 Å². The molecule has 0 aromatic carbocycles. The minimum absolute atomic E-state index is 0. The van der Waals surface area contributed by atoms with Crippen LogP contribution in [0.15, 0.2) is 0 Å². The maximum absolute atomic E-state index is 12.8. The average Bonchev–Trinajstić information content (AvgIpc) is 2.99. The summed E-state index contributed by atoms with van der Waals surface area (Å²) in [5, 5.41) is 0. The molecule has 0 aliphatic heterocycles. The van der Waals surface area contributed by atoms with Gasteiger partial charge in [0.05, 0.1) is 11.8 Å². The van der Waals surface area contributed by atoms with Gasteiger partial charge in [-0.2, -0.15) is 0 Å². The topological polar surface area (TPSA) is 43.4 Å². The summed E-state index contributed by atoms with van der Waals surface area (Å²) in [4.78, 5) is 25.2. The molecule has 0 amide bonds. The number of ether oxygens (including phenoxy) is 1. The van der Waals surface area contributed by atoms with Crippen LogP contribution in [0, 0.1) is 41.4 Å². The molecule has 7 unspecified atom stereocenters. The lowest BCUT2D eigenvalue weighted by molar-refractivity contribution is -0.172. The van der Waals surface area contributed by atoms with Crippen molar-refractivity contribution in [2.45, 2.75) is 94.6 Å². The molecule has 3 saturated carbocycles. The van der Waals surface area contributed by atoms with Gasteiger partial charge < -0.3 is 4.74 Å². The second kappa shape index (κ2) is 8.89. The monoisotopic (exact) mass is 368 g/mol. The van der Waals surface area contributed by atoms with Crippen LogP contribution in [0.5, 0.6) is 0 Å². The minimum atomic E-state index is -0.662. The van der Waals surface area contributed by atoms with Gasteiger partial charge in [-0.25, -0.2) is 0 Å². The maximum Gasteiger partial charge on any atom is 0.309 e. The predicted molar refractivity (Wildman–Crippen MR) is 110 cm³/mol. The quantitative estimate of drug-likeness (QED) is 0.561. The van der Waals surface area contributed by atoms with Gasteiger partial charge in [0.15, 0.2) is 0 Å². The van der Waals surface area contributed by atoms with Crippen molar-refractivity contribution in [1.29, 1.82) is 0 Å². The van der Waals surface area contributed by atoms with Crippen LogP contribution < -0.4 is 0 Å². The molecule has 3 heteroatoms. The van der Waals surface area contributed by atoms with Crippen molar-refractivity contribution in [1.82, 2.24) is 0 Å². The highest BCUT2D eigenvalue weighted by Crippen LogP contribution is 2.55. The van der Waals surface area contributed by atoms with Gasteiger partial charge in [-0.3, -0.25) is 9.59 Å². The van der Waals surface area contributed by atoms with E-state index in [1.54, 1.807) is 0 Å². The van der Waals surface area contributed by atoms with Crippen LogP contribution in [-0.2, 0) is 14.3 Å². The maximum atomic E-state index is 12.8. The molecule has 154 valence electrons.